The van der Waals surface area contributed by atoms with Crippen LogP contribution in [-0.2, 0) is 9.84 Å². The first kappa shape index (κ1) is 16.2. The summed E-state index contributed by atoms with van der Waals surface area (Å²) in [7, 11) is -3.33. The summed E-state index contributed by atoms with van der Waals surface area (Å²) < 4.78 is 26.0. The molecule has 0 bridgehead atoms. The van der Waals surface area contributed by atoms with Gasteiger partial charge in [0.25, 0.3) is 0 Å². The molecule has 3 nitrogen and oxygen atoms in total. The van der Waals surface area contributed by atoms with Crippen LogP contribution in [0.3, 0.4) is 0 Å². The Hall–Kier alpha value is -1.17. The van der Waals surface area contributed by atoms with Gasteiger partial charge in [0.05, 0.1) is 10.6 Å². The predicted molar refractivity (Wildman–Crippen MR) is 89.1 cm³/mol. The van der Waals surface area contributed by atoms with Crippen molar-refractivity contribution in [3.8, 4) is 0 Å². The first-order valence-corrected chi connectivity index (χ1v) is 9.24. The molecular weight excluding hydrogens is 350 g/mol. The predicted octanol–water partition coefficient (Wildman–Crippen LogP) is 3.57. The van der Waals surface area contributed by atoms with Crippen LogP contribution in [0.4, 0.5) is 0 Å². The van der Waals surface area contributed by atoms with E-state index in [9.17, 15) is 8.42 Å². The number of rotatable bonds is 6. The number of hydrogen-bond donors (Lipinski definition) is 1. The minimum atomic E-state index is -3.33. The van der Waals surface area contributed by atoms with Crippen molar-refractivity contribution in [2.75, 3.05) is 12.3 Å². The van der Waals surface area contributed by atoms with Gasteiger partial charge in [0.2, 0.25) is 0 Å². The van der Waals surface area contributed by atoms with Crippen LogP contribution in [0, 0.1) is 0 Å². The smallest absolute Gasteiger partial charge is 0.180 e. The van der Waals surface area contributed by atoms with Gasteiger partial charge in [-0.3, -0.25) is 0 Å². The normalized spacial score (nSPS) is 13.0. The highest BCUT2D eigenvalue weighted by Gasteiger charge is 2.21. The zero-order chi connectivity index (χ0) is 15.3. The highest BCUT2D eigenvalue weighted by atomic mass is 79.9. The van der Waals surface area contributed by atoms with Crippen molar-refractivity contribution in [2.24, 2.45) is 0 Å². The molecule has 0 fully saturated rings. The van der Waals surface area contributed by atoms with Crippen LogP contribution in [-0.4, -0.2) is 20.7 Å². The molecule has 1 N–H and O–H groups in total. The van der Waals surface area contributed by atoms with Crippen LogP contribution >= 0.6 is 15.9 Å². The van der Waals surface area contributed by atoms with E-state index in [2.05, 4.69) is 21.2 Å². The lowest BCUT2D eigenvalue weighted by Crippen LogP contribution is -2.28. The van der Waals surface area contributed by atoms with Gasteiger partial charge in [0.1, 0.15) is 0 Å². The monoisotopic (exact) mass is 367 g/mol. The fraction of sp³-hybridized carbons (Fsp3) is 0.250. The van der Waals surface area contributed by atoms with Crippen LogP contribution < -0.4 is 5.32 Å². The van der Waals surface area contributed by atoms with Crippen LogP contribution in [0.15, 0.2) is 64.0 Å². The summed E-state index contributed by atoms with van der Waals surface area (Å²) >= 11 is 3.32. The second kappa shape index (κ2) is 7.20. The Bertz CT molecular complexity index is 669. The minimum absolute atomic E-state index is 0.0481. The van der Waals surface area contributed by atoms with E-state index in [1.54, 1.807) is 24.3 Å². The second-order valence-corrected chi connectivity index (χ2v) is 7.71. The van der Waals surface area contributed by atoms with E-state index >= 15 is 0 Å². The van der Waals surface area contributed by atoms with Crippen LogP contribution in [0.5, 0.6) is 0 Å². The fourth-order valence-corrected chi connectivity index (χ4v) is 3.92. The van der Waals surface area contributed by atoms with Gasteiger partial charge in [-0.15, -0.1) is 0 Å². The molecule has 1 unspecified atom stereocenters. The summed E-state index contributed by atoms with van der Waals surface area (Å²) in [6, 6.07) is 16.2. The van der Waals surface area contributed by atoms with Crippen LogP contribution in [0.1, 0.15) is 18.5 Å². The molecule has 0 radical (unpaired) electrons. The van der Waals surface area contributed by atoms with Crippen LogP contribution in [0.25, 0.3) is 0 Å². The topological polar surface area (TPSA) is 46.2 Å². The van der Waals surface area contributed by atoms with Gasteiger partial charge in [0.15, 0.2) is 9.84 Å². The number of sulfone groups is 1. The molecule has 21 heavy (non-hydrogen) atoms. The van der Waals surface area contributed by atoms with E-state index in [-0.39, 0.29) is 11.8 Å². The SMILES string of the molecule is CCNC(CS(=O)(=O)c1ccc(Br)cc1)c1ccccc1. The highest BCUT2D eigenvalue weighted by molar-refractivity contribution is 9.10. The second-order valence-electron chi connectivity index (χ2n) is 4.76. The molecule has 0 amide bonds. The summed E-state index contributed by atoms with van der Waals surface area (Å²) in [5.74, 6) is 0.0481. The third-order valence-corrected chi connectivity index (χ3v) is 5.50. The first-order valence-electron chi connectivity index (χ1n) is 6.79. The summed E-state index contributed by atoms with van der Waals surface area (Å²) in [5, 5.41) is 3.25. The minimum Gasteiger partial charge on any atom is -0.309 e. The molecule has 112 valence electrons. The lowest BCUT2D eigenvalue weighted by molar-refractivity contribution is 0.559. The molecule has 0 saturated carbocycles. The number of benzene rings is 2. The van der Waals surface area contributed by atoms with Crippen molar-refractivity contribution in [1.82, 2.24) is 5.32 Å². The Labute approximate surface area is 134 Å². The Morgan fingerprint density at radius 1 is 1.05 bits per heavy atom. The standard InChI is InChI=1S/C16H18BrNO2S/c1-2-18-16(13-6-4-3-5-7-13)12-21(19,20)15-10-8-14(17)9-11-15/h3-11,16,18H,2,12H2,1H3. The Morgan fingerprint density at radius 2 is 1.67 bits per heavy atom. The van der Waals surface area contributed by atoms with Crippen LogP contribution in [0.2, 0.25) is 0 Å². The van der Waals surface area contributed by atoms with Gasteiger partial charge in [-0.1, -0.05) is 53.2 Å². The average Bonchev–Trinajstić information content (AvgIpc) is 2.48. The van der Waals surface area contributed by atoms with Crippen molar-refractivity contribution in [3.63, 3.8) is 0 Å². The lowest BCUT2D eigenvalue weighted by Gasteiger charge is -2.18. The average molecular weight is 368 g/mol. The third-order valence-electron chi connectivity index (χ3n) is 3.21. The van der Waals surface area contributed by atoms with E-state index in [0.717, 1.165) is 16.6 Å². The molecule has 2 aromatic rings. The summed E-state index contributed by atoms with van der Waals surface area (Å²) in [6.07, 6.45) is 0. The van der Waals surface area contributed by atoms with Crippen molar-refractivity contribution < 1.29 is 8.42 Å². The maximum absolute atomic E-state index is 12.5. The molecule has 0 saturated heterocycles. The molecule has 5 heteroatoms. The summed E-state index contributed by atoms with van der Waals surface area (Å²) in [4.78, 5) is 0.351. The fourth-order valence-electron chi connectivity index (χ4n) is 2.16. The molecule has 0 aliphatic carbocycles. The molecule has 0 heterocycles. The molecule has 2 aromatic carbocycles. The largest absolute Gasteiger partial charge is 0.309 e. The van der Waals surface area contributed by atoms with E-state index < -0.39 is 9.84 Å². The number of halogens is 1. The zero-order valence-corrected chi connectivity index (χ0v) is 14.2. The van der Waals surface area contributed by atoms with Gasteiger partial charge in [-0.25, -0.2) is 8.42 Å². The molecule has 0 aromatic heterocycles. The van der Waals surface area contributed by atoms with Gasteiger partial charge >= 0.3 is 0 Å². The molecule has 0 spiro atoms. The van der Waals surface area contributed by atoms with Crippen molar-refractivity contribution in [2.45, 2.75) is 17.9 Å². The van der Waals surface area contributed by atoms with Gasteiger partial charge in [-0.05, 0) is 36.4 Å². The lowest BCUT2D eigenvalue weighted by atomic mass is 10.1. The van der Waals surface area contributed by atoms with Gasteiger partial charge in [0, 0.05) is 10.5 Å². The summed E-state index contributed by atoms with van der Waals surface area (Å²) in [6.45, 7) is 2.69. The maximum atomic E-state index is 12.5. The van der Waals surface area contributed by atoms with Crippen molar-refractivity contribution in [3.05, 3.63) is 64.6 Å². The molecular formula is C16H18BrNO2S. The van der Waals surface area contributed by atoms with E-state index in [1.807, 2.05) is 37.3 Å². The molecule has 2 rings (SSSR count). The first-order chi connectivity index (χ1) is 10.0. The van der Waals surface area contributed by atoms with Gasteiger partial charge < -0.3 is 5.32 Å². The quantitative estimate of drug-likeness (QED) is 0.848. The third kappa shape index (κ3) is 4.40. The van der Waals surface area contributed by atoms with E-state index in [1.165, 1.54) is 0 Å². The number of hydrogen-bond acceptors (Lipinski definition) is 3. The van der Waals surface area contributed by atoms with Crippen molar-refractivity contribution in [1.29, 1.82) is 0 Å². The zero-order valence-electron chi connectivity index (χ0n) is 11.8. The Morgan fingerprint density at radius 3 is 2.24 bits per heavy atom. The van der Waals surface area contributed by atoms with Gasteiger partial charge in [-0.2, -0.15) is 0 Å². The maximum Gasteiger partial charge on any atom is 0.180 e. The molecule has 1 atom stereocenters. The summed E-state index contributed by atoms with van der Waals surface area (Å²) in [5.41, 5.74) is 0.986. The molecule has 0 aliphatic rings. The Balaban J connectivity index is 2.25. The van der Waals surface area contributed by atoms with Crippen molar-refractivity contribution >= 4 is 25.8 Å². The van der Waals surface area contributed by atoms with E-state index in [0.29, 0.717) is 4.90 Å². The van der Waals surface area contributed by atoms with E-state index in [4.69, 9.17) is 0 Å². The number of nitrogens with one attached hydrogen (secondary N) is 1. The Kier molecular flexibility index (Phi) is 5.56. The highest BCUT2D eigenvalue weighted by Crippen LogP contribution is 2.21. The molecule has 0 aliphatic heterocycles.